The molecular weight excluding hydrogens is 338 g/mol. The molecule has 0 spiro atoms. The first kappa shape index (κ1) is 16.9. The second-order valence-corrected chi connectivity index (χ2v) is 7.15. The van der Waals surface area contributed by atoms with Crippen LogP contribution in [0.3, 0.4) is 0 Å². The number of aromatic nitrogens is 1. The van der Waals surface area contributed by atoms with Crippen LogP contribution < -0.4 is 10.5 Å². The van der Waals surface area contributed by atoms with Gasteiger partial charge in [-0.2, -0.15) is 0 Å². The Bertz CT molecular complexity index is 1030. The predicted molar refractivity (Wildman–Crippen MR) is 96.3 cm³/mol. The van der Waals surface area contributed by atoms with Crippen LogP contribution in [0.15, 0.2) is 71.9 Å². The first-order valence-electron chi connectivity index (χ1n) is 7.53. The van der Waals surface area contributed by atoms with Crippen molar-refractivity contribution >= 4 is 21.6 Å². The lowest BCUT2D eigenvalue weighted by Crippen LogP contribution is -2.16. The molecule has 6 nitrogen and oxygen atoms in total. The van der Waals surface area contributed by atoms with Crippen LogP contribution in [-0.2, 0) is 10.0 Å². The number of sulfonamides is 1. The van der Waals surface area contributed by atoms with E-state index in [0.29, 0.717) is 16.8 Å². The highest BCUT2D eigenvalue weighted by Gasteiger charge is 2.14. The van der Waals surface area contributed by atoms with E-state index in [0.717, 1.165) is 5.69 Å². The minimum Gasteiger partial charge on any atom is -0.324 e. The number of amides is 1. The Balaban J connectivity index is 1.87. The Morgan fingerprint density at radius 2 is 1.76 bits per heavy atom. The SMILES string of the molecule is Cc1ccc(NC(=O)c2cccc(-n3cccc3)c2)cc1S(N)(=O)=O. The van der Waals surface area contributed by atoms with E-state index in [1.54, 1.807) is 37.3 Å². The van der Waals surface area contributed by atoms with Gasteiger partial charge in [0.25, 0.3) is 5.91 Å². The molecule has 3 rings (SSSR count). The van der Waals surface area contributed by atoms with Crippen molar-refractivity contribution in [1.29, 1.82) is 0 Å². The highest BCUT2D eigenvalue weighted by Crippen LogP contribution is 2.20. The van der Waals surface area contributed by atoms with Gasteiger partial charge in [0.15, 0.2) is 0 Å². The Kier molecular flexibility index (Phi) is 4.43. The number of benzene rings is 2. The van der Waals surface area contributed by atoms with Gasteiger partial charge >= 0.3 is 0 Å². The maximum Gasteiger partial charge on any atom is 0.255 e. The van der Waals surface area contributed by atoms with E-state index in [-0.39, 0.29) is 10.8 Å². The monoisotopic (exact) mass is 355 g/mol. The number of primary sulfonamides is 1. The number of hydrogen-bond acceptors (Lipinski definition) is 3. The molecule has 1 amide bonds. The lowest BCUT2D eigenvalue weighted by Gasteiger charge is -2.10. The number of hydrogen-bond donors (Lipinski definition) is 2. The summed E-state index contributed by atoms with van der Waals surface area (Å²) in [5.41, 5.74) is 2.21. The van der Waals surface area contributed by atoms with Gasteiger partial charge in [-0.1, -0.05) is 12.1 Å². The molecule has 2 aromatic carbocycles. The zero-order valence-corrected chi connectivity index (χ0v) is 14.3. The summed E-state index contributed by atoms with van der Waals surface area (Å²) in [6, 6.07) is 15.5. The van der Waals surface area contributed by atoms with Gasteiger partial charge in [0, 0.05) is 29.3 Å². The number of carbonyl (C=O) groups is 1. The van der Waals surface area contributed by atoms with Gasteiger partial charge in [-0.25, -0.2) is 13.6 Å². The summed E-state index contributed by atoms with van der Waals surface area (Å²) in [5.74, 6) is -0.335. The number of nitrogens with one attached hydrogen (secondary N) is 1. The minimum atomic E-state index is -3.85. The highest BCUT2D eigenvalue weighted by atomic mass is 32.2. The molecule has 0 saturated heterocycles. The van der Waals surface area contributed by atoms with Crippen LogP contribution >= 0.6 is 0 Å². The lowest BCUT2D eigenvalue weighted by atomic mass is 10.1. The summed E-state index contributed by atoms with van der Waals surface area (Å²) in [6.45, 7) is 1.64. The smallest absolute Gasteiger partial charge is 0.255 e. The summed E-state index contributed by atoms with van der Waals surface area (Å²) < 4.78 is 25.1. The molecule has 0 atom stereocenters. The van der Waals surface area contributed by atoms with Gasteiger partial charge in [-0.05, 0) is 55.0 Å². The average molecular weight is 355 g/mol. The maximum atomic E-state index is 12.5. The standard InChI is InChI=1S/C18H17N3O3S/c1-13-7-8-15(12-17(13)25(19,23)24)20-18(22)14-5-4-6-16(11-14)21-9-2-3-10-21/h2-12H,1H3,(H,20,22)(H2,19,23,24). The first-order valence-corrected chi connectivity index (χ1v) is 9.07. The molecule has 3 aromatic rings. The third kappa shape index (κ3) is 3.78. The van der Waals surface area contributed by atoms with Crippen molar-refractivity contribution in [2.75, 3.05) is 5.32 Å². The number of nitrogens with two attached hydrogens (primary N) is 1. The number of rotatable bonds is 4. The molecule has 0 saturated carbocycles. The first-order chi connectivity index (χ1) is 11.8. The van der Waals surface area contributed by atoms with E-state index < -0.39 is 10.0 Å². The van der Waals surface area contributed by atoms with Crippen molar-refractivity contribution in [2.45, 2.75) is 11.8 Å². The van der Waals surface area contributed by atoms with Gasteiger partial charge in [0.05, 0.1) is 4.90 Å². The van der Waals surface area contributed by atoms with Gasteiger partial charge in [-0.3, -0.25) is 4.79 Å². The quantitative estimate of drug-likeness (QED) is 0.753. The molecule has 128 valence electrons. The third-order valence-electron chi connectivity index (χ3n) is 3.76. The topological polar surface area (TPSA) is 94.2 Å². The third-order valence-corrected chi connectivity index (χ3v) is 4.82. The van der Waals surface area contributed by atoms with Gasteiger partial charge in [-0.15, -0.1) is 0 Å². The fraction of sp³-hybridized carbons (Fsp3) is 0.0556. The molecule has 1 heterocycles. The van der Waals surface area contributed by atoms with Crippen LogP contribution in [-0.4, -0.2) is 18.9 Å². The second kappa shape index (κ2) is 6.54. The van der Waals surface area contributed by atoms with E-state index in [4.69, 9.17) is 5.14 Å². The predicted octanol–water partition coefficient (Wildman–Crippen LogP) is 2.69. The zero-order valence-electron chi connectivity index (χ0n) is 13.5. The molecule has 0 bridgehead atoms. The molecule has 0 fully saturated rings. The fourth-order valence-electron chi connectivity index (χ4n) is 2.50. The van der Waals surface area contributed by atoms with Crippen molar-refractivity contribution in [1.82, 2.24) is 4.57 Å². The molecule has 0 aliphatic heterocycles. The summed E-state index contributed by atoms with van der Waals surface area (Å²) in [6.07, 6.45) is 3.77. The molecule has 0 aliphatic carbocycles. The van der Waals surface area contributed by atoms with E-state index in [9.17, 15) is 13.2 Å². The molecule has 3 N–H and O–H groups in total. The van der Waals surface area contributed by atoms with Gasteiger partial charge in [0.2, 0.25) is 10.0 Å². The van der Waals surface area contributed by atoms with Crippen LogP contribution in [0.1, 0.15) is 15.9 Å². The molecule has 1 aromatic heterocycles. The van der Waals surface area contributed by atoms with E-state index in [1.165, 1.54) is 6.07 Å². The summed E-state index contributed by atoms with van der Waals surface area (Å²) in [4.78, 5) is 12.5. The van der Waals surface area contributed by atoms with Gasteiger partial charge in [0.1, 0.15) is 0 Å². The highest BCUT2D eigenvalue weighted by molar-refractivity contribution is 7.89. The Labute approximate surface area is 146 Å². The number of carbonyl (C=O) groups excluding carboxylic acids is 1. The summed E-state index contributed by atoms with van der Waals surface area (Å²) in [7, 11) is -3.85. The Morgan fingerprint density at radius 1 is 1.04 bits per heavy atom. The van der Waals surface area contributed by atoms with Crippen LogP contribution in [0.25, 0.3) is 5.69 Å². The van der Waals surface area contributed by atoms with Crippen LogP contribution in [0.4, 0.5) is 5.69 Å². The van der Waals surface area contributed by atoms with Crippen LogP contribution in [0.5, 0.6) is 0 Å². The van der Waals surface area contributed by atoms with Gasteiger partial charge < -0.3 is 9.88 Å². The molecular formula is C18H17N3O3S. The maximum absolute atomic E-state index is 12.5. The van der Waals surface area contributed by atoms with Crippen molar-refractivity contribution in [3.8, 4) is 5.69 Å². The minimum absolute atomic E-state index is 0.00797. The fourth-order valence-corrected chi connectivity index (χ4v) is 3.31. The zero-order chi connectivity index (χ0) is 18.0. The number of aryl methyl sites for hydroxylation is 1. The van der Waals surface area contributed by atoms with E-state index in [1.807, 2.05) is 35.2 Å². The number of anilines is 1. The van der Waals surface area contributed by atoms with E-state index in [2.05, 4.69) is 5.32 Å². The molecule has 0 radical (unpaired) electrons. The average Bonchev–Trinajstić information content (AvgIpc) is 3.10. The lowest BCUT2D eigenvalue weighted by molar-refractivity contribution is 0.102. The van der Waals surface area contributed by atoms with Crippen molar-refractivity contribution in [2.24, 2.45) is 5.14 Å². The van der Waals surface area contributed by atoms with Crippen LogP contribution in [0, 0.1) is 6.92 Å². The Morgan fingerprint density at radius 3 is 2.44 bits per heavy atom. The van der Waals surface area contributed by atoms with Crippen LogP contribution in [0.2, 0.25) is 0 Å². The number of nitrogens with zero attached hydrogens (tertiary/aromatic N) is 1. The second-order valence-electron chi connectivity index (χ2n) is 5.62. The molecule has 25 heavy (non-hydrogen) atoms. The molecule has 0 aliphatic rings. The largest absolute Gasteiger partial charge is 0.324 e. The molecule has 0 unspecified atom stereocenters. The normalized spacial score (nSPS) is 11.3. The van der Waals surface area contributed by atoms with Crippen molar-refractivity contribution in [3.05, 3.63) is 78.1 Å². The molecule has 7 heteroatoms. The summed E-state index contributed by atoms with van der Waals surface area (Å²) >= 11 is 0. The summed E-state index contributed by atoms with van der Waals surface area (Å²) in [5, 5.41) is 7.90. The van der Waals surface area contributed by atoms with E-state index >= 15 is 0 Å². The Hall–Kier alpha value is -2.90. The van der Waals surface area contributed by atoms with Crippen molar-refractivity contribution in [3.63, 3.8) is 0 Å². The van der Waals surface area contributed by atoms with Crippen molar-refractivity contribution < 1.29 is 13.2 Å².